The highest BCUT2D eigenvalue weighted by Crippen LogP contribution is 2.05. The van der Waals surface area contributed by atoms with Gasteiger partial charge >= 0.3 is 0 Å². The lowest BCUT2D eigenvalue weighted by Gasteiger charge is -1.75. The van der Waals surface area contributed by atoms with E-state index in [9.17, 15) is 8.42 Å². The van der Waals surface area contributed by atoms with Crippen LogP contribution in [0.1, 0.15) is 0 Å². The molecule has 7 heavy (non-hydrogen) atoms. The summed E-state index contributed by atoms with van der Waals surface area (Å²) in [6, 6.07) is 0. The van der Waals surface area contributed by atoms with Gasteiger partial charge < -0.3 is 0 Å². The molecule has 0 bridgehead atoms. The Kier molecular flexibility index (Phi) is 3.36. The first-order valence-electron chi connectivity index (χ1n) is 1.40. The number of rotatable bonds is 1. The predicted octanol–water partition coefficient (Wildman–Crippen LogP) is 1.09. The van der Waals surface area contributed by atoms with E-state index in [1.165, 1.54) is 6.26 Å². The Morgan fingerprint density at radius 3 is 2.14 bits per heavy atom. The second-order valence-corrected chi connectivity index (χ2v) is 7.10. The Balaban J connectivity index is 4.13. The standard InChI is InChI=1S/C2H4IO2PS/c1-7(4,5)6-2-3/h2H,1H3. The summed E-state index contributed by atoms with van der Waals surface area (Å²) >= 11 is 1.90. The topological polar surface area (TPSA) is 34.1 Å². The molecule has 2 nitrogen and oxygen atoms in total. The Bertz CT molecular complexity index is 159. The monoisotopic (exact) mass is 250 g/mol. The van der Waals surface area contributed by atoms with E-state index in [0.29, 0.717) is 7.41 Å². The zero-order valence-electron chi connectivity index (χ0n) is 3.63. The average Bonchev–Trinajstić information content (AvgIpc) is 1.30. The molecule has 0 heterocycles. The molecule has 0 saturated heterocycles. The Labute approximate surface area is 57.9 Å². The molecule has 0 spiro atoms. The second-order valence-electron chi connectivity index (χ2n) is 0.936. The van der Waals surface area contributed by atoms with Gasteiger partial charge in [0.15, 0.2) is 9.46 Å². The van der Waals surface area contributed by atoms with Crippen molar-refractivity contribution >= 4 is 43.3 Å². The first-order chi connectivity index (χ1) is 3.06. The zero-order valence-corrected chi connectivity index (χ0v) is 7.50. The van der Waals surface area contributed by atoms with E-state index in [4.69, 9.17) is 0 Å². The highest BCUT2D eigenvalue weighted by atomic mass is 127. The van der Waals surface area contributed by atoms with Gasteiger partial charge in [0.1, 0.15) is 0 Å². The summed E-state index contributed by atoms with van der Waals surface area (Å²) in [5, 5.41) is 0. The molecular weight excluding hydrogens is 246 g/mol. The van der Waals surface area contributed by atoms with Crippen molar-refractivity contribution in [1.29, 1.82) is 0 Å². The van der Waals surface area contributed by atoms with Gasteiger partial charge in [-0.2, -0.15) is 0 Å². The van der Waals surface area contributed by atoms with Gasteiger partial charge in [-0.3, -0.25) is 0 Å². The van der Waals surface area contributed by atoms with Gasteiger partial charge in [-0.05, 0) is 22.6 Å². The molecule has 0 saturated carbocycles. The van der Waals surface area contributed by atoms with Crippen LogP contribution < -0.4 is 0 Å². The molecule has 5 heteroatoms. The summed E-state index contributed by atoms with van der Waals surface area (Å²) in [6.45, 7) is 0. The number of hydrogen-bond donors (Lipinski definition) is 0. The quantitative estimate of drug-likeness (QED) is 0.515. The molecule has 0 fully saturated rings. The van der Waals surface area contributed by atoms with Crippen LogP contribution in [0.15, 0.2) is 0 Å². The SMILES string of the molecule is CS(=O)(=O)P=CI. The van der Waals surface area contributed by atoms with Crippen molar-refractivity contribution in [3.8, 4) is 0 Å². The van der Waals surface area contributed by atoms with E-state index in [-0.39, 0.29) is 0 Å². The third kappa shape index (κ3) is 6.85. The van der Waals surface area contributed by atoms with E-state index < -0.39 is 9.46 Å². The van der Waals surface area contributed by atoms with Crippen molar-refractivity contribution in [3.63, 3.8) is 0 Å². The fourth-order valence-electron chi connectivity index (χ4n) is 0.0724. The predicted molar refractivity (Wildman–Crippen MR) is 41.8 cm³/mol. The average molecular weight is 250 g/mol. The molecule has 0 aromatic rings. The molecule has 0 aliphatic carbocycles. The minimum atomic E-state index is -2.77. The van der Waals surface area contributed by atoms with E-state index >= 15 is 0 Å². The van der Waals surface area contributed by atoms with E-state index in [1.807, 2.05) is 22.6 Å². The van der Waals surface area contributed by atoms with Crippen molar-refractivity contribution in [1.82, 2.24) is 0 Å². The van der Waals surface area contributed by atoms with Crippen LogP contribution in [0.5, 0.6) is 0 Å². The molecule has 0 aromatic carbocycles. The Morgan fingerprint density at radius 1 is 1.71 bits per heavy atom. The first-order valence-corrected chi connectivity index (χ1v) is 6.11. The Hall–Kier alpha value is 0.850. The third-order valence-corrected chi connectivity index (χ3v) is 4.13. The summed E-state index contributed by atoms with van der Waals surface area (Å²) < 4.78 is 21.9. The minimum Gasteiger partial charge on any atom is -0.220 e. The van der Waals surface area contributed by atoms with Gasteiger partial charge in [0.25, 0.3) is 0 Å². The van der Waals surface area contributed by atoms with Crippen LogP contribution >= 0.6 is 30.0 Å². The van der Waals surface area contributed by atoms with Crippen LogP contribution in [0.25, 0.3) is 0 Å². The Morgan fingerprint density at radius 2 is 2.14 bits per heavy atom. The second kappa shape index (κ2) is 2.99. The molecule has 0 aliphatic rings. The van der Waals surface area contributed by atoms with E-state index in [1.54, 1.807) is 3.80 Å². The van der Waals surface area contributed by atoms with E-state index in [2.05, 4.69) is 0 Å². The molecule has 0 atom stereocenters. The van der Waals surface area contributed by atoms with Crippen LogP contribution in [0.4, 0.5) is 0 Å². The van der Waals surface area contributed by atoms with Crippen molar-refractivity contribution in [2.75, 3.05) is 6.26 Å². The molecule has 0 N–H and O–H groups in total. The van der Waals surface area contributed by atoms with Crippen LogP contribution in [0, 0.1) is 0 Å². The number of halogens is 1. The molecule has 42 valence electrons. The van der Waals surface area contributed by atoms with Gasteiger partial charge in [-0.1, -0.05) is 0 Å². The summed E-state index contributed by atoms with van der Waals surface area (Å²) in [4.78, 5) is 0. The van der Waals surface area contributed by atoms with Gasteiger partial charge in [-0.15, -0.1) is 0 Å². The minimum absolute atomic E-state index is 0.390. The van der Waals surface area contributed by atoms with Crippen molar-refractivity contribution in [2.45, 2.75) is 0 Å². The fourth-order valence-corrected chi connectivity index (χ4v) is 4.37. The summed E-state index contributed by atoms with van der Waals surface area (Å²) in [5.41, 5.74) is 0. The van der Waals surface area contributed by atoms with Crippen molar-refractivity contribution < 1.29 is 8.42 Å². The molecule has 0 unspecified atom stereocenters. The lowest BCUT2D eigenvalue weighted by Crippen LogP contribution is -1.78. The third-order valence-electron chi connectivity index (χ3n) is 0.231. The molecule has 0 aromatic heterocycles. The maximum atomic E-state index is 10.2. The van der Waals surface area contributed by atoms with Gasteiger partial charge in [0.2, 0.25) is 0 Å². The molecular formula is C2H4IO2PS. The van der Waals surface area contributed by atoms with Crippen LogP contribution in [-0.4, -0.2) is 18.5 Å². The number of hydrogen-bond acceptors (Lipinski definition) is 2. The van der Waals surface area contributed by atoms with Crippen LogP contribution in [0.3, 0.4) is 0 Å². The van der Waals surface area contributed by atoms with Gasteiger partial charge in [0, 0.05) is 17.5 Å². The smallest absolute Gasteiger partial charge is 0.190 e. The van der Waals surface area contributed by atoms with Crippen molar-refractivity contribution in [3.05, 3.63) is 0 Å². The van der Waals surface area contributed by atoms with E-state index in [0.717, 1.165) is 0 Å². The molecule has 0 aliphatic heterocycles. The fraction of sp³-hybridized carbons (Fsp3) is 0.500. The highest BCUT2D eigenvalue weighted by Gasteiger charge is 1.89. The maximum Gasteiger partial charge on any atom is 0.190 e. The van der Waals surface area contributed by atoms with Gasteiger partial charge in [0.05, 0.1) is 0 Å². The first kappa shape index (κ1) is 7.85. The molecule has 0 amide bonds. The maximum absolute atomic E-state index is 10.2. The molecule has 0 radical (unpaired) electrons. The molecule has 0 rings (SSSR count). The zero-order chi connectivity index (χ0) is 5.91. The summed E-state index contributed by atoms with van der Waals surface area (Å²) in [7, 11) is -2.37. The lowest BCUT2D eigenvalue weighted by atomic mass is 12.0. The van der Waals surface area contributed by atoms with Gasteiger partial charge in [-0.25, -0.2) is 8.42 Å². The van der Waals surface area contributed by atoms with Crippen molar-refractivity contribution in [2.24, 2.45) is 0 Å². The highest BCUT2D eigenvalue weighted by molar-refractivity contribution is 14.1. The largest absolute Gasteiger partial charge is 0.220 e. The van der Waals surface area contributed by atoms with Crippen LogP contribution in [-0.2, 0) is 9.46 Å². The summed E-state index contributed by atoms with van der Waals surface area (Å²) in [5.74, 6) is 0. The summed E-state index contributed by atoms with van der Waals surface area (Å²) in [6.07, 6.45) is 1.20. The lowest BCUT2D eigenvalue weighted by molar-refractivity contribution is 0.615. The van der Waals surface area contributed by atoms with Crippen LogP contribution in [0.2, 0.25) is 0 Å². The normalized spacial score (nSPS) is 12.9.